The van der Waals surface area contributed by atoms with Gasteiger partial charge in [-0.1, -0.05) is 6.92 Å². The molecule has 0 radical (unpaired) electrons. The lowest BCUT2D eigenvalue weighted by Gasteiger charge is -2.29. The summed E-state index contributed by atoms with van der Waals surface area (Å²) >= 11 is 0. The van der Waals surface area contributed by atoms with Crippen LogP contribution in [0.25, 0.3) is 0 Å². The monoisotopic (exact) mass is 131 g/mol. The van der Waals surface area contributed by atoms with Gasteiger partial charge in [0.1, 0.15) is 6.17 Å². The summed E-state index contributed by atoms with van der Waals surface area (Å²) < 4.78 is 12.9. The Balaban J connectivity index is 2.41. The van der Waals surface area contributed by atoms with E-state index in [4.69, 9.17) is 0 Å². The van der Waals surface area contributed by atoms with E-state index < -0.39 is 6.17 Å². The Morgan fingerprint density at radius 2 is 2.11 bits per heavy atom. The SMILES string of the molecule is CC1CCNC(C)C1F. The van der Waals surface area contributed by atoms with Gasteiger partial charge < -0.3 is 5.32 Å². The average Bonchev–Trinajstić information content (AvgIpc) is 1.83. The molecule has 1 nitrogen and oxygen atoms in total. The van der Waals surface area contributed by atoms with E-state index in [1.165, 1.54) is 0 Å². The van der Waals surface area contributed by atoms with Crippen molar-refractivity contribution in [3.8, 4) is 0 Å². The van der Waals surface area contributed by atoms with Gasteiger partial charge in [0.15, 0.2) is 0 Å². The lowest BCUT2D eigenvalue weighted by atomic mass is 9.93. The third-order valence-corrected chi connectivity index (χ3v) is 2.09. The summed E-state index contributed by atoms with van der Waals surface area (Å²) in [5, 5.41) is 3.09. The van der Waals surface area contributed by atoms with Gasteiger partial charge in [-0.2, -0.15) is 0 Å². The molecule has 1 N–H and O–H groups in total. The molecule has 1 aliphatic rings. The summed E-state index contributed by atoms with van der Waals surface area (Å²) in [6.45, 7) is 4.85. The first-order valence-electron chi connectivity index (χ1n) is 3.59. The van der Waals surface area contributed by atoms with E-state index in [0.29, 0.717) is 0 Å². The van der Waals surface area contributed by atoms with Crippen LogP contribution in [0.4, 0.5) is 4.39 Å². The van der Waals surface area contributed by atoms with Crippen molar-refractivity contribution in [2.75, 3.05) is 6.54 Å². The predicted molar refractivity (Wildman–Crippen MR) is 36.1 cm³/mol. The molecule has 3 unspecified atom stereocenters. The summed E-state index contributed by atoms with van der Waals surface area (Å²) in [6, 6.07) is 0.0637. The fourth-order valence-corrected chi connectivity index (χ4v) is 1.30. The molecule has 1 aliphatic heterocycles. The normalized spacial score (nSPS) is 45.0. The van der Waals surface area contributed by atoms with Crippen molar-refractivity contribution >= 4 is 0 Å². The molecule has 2 heteroatoms. The van der Waals surface area contributed by atoms with Gasteiger partial charge in [-0.3, -0.25) is 0 Å². The summed E-state index contributed by atoms with van der Waals surface area (Å²) in [7, 11) is 0. The van der Waals surface area contributed by atoms with Gasteiger partial charge in [0.2, 0.25) is 0 Å². The van der Waals surface area contributed by atoms with Crippen molar-refractivity contribution in [2.24, 2.45) is 5.92 Å². The maximum Gasteiger partial charge on any atom is 0.118 e. The van der Waals surface area contributed by atoms with Crippen molar-refractivity contribution in [1.29, 1.82) is 0 Å². The number of hydrogen-bond acceptors (Lipinski definition) is 1. The number of halogens is 1. The lowest BCUT2D eigenvalue weighted by Crippen LogP contribution is -2.44. The molecule has 0 aliphatic carbocycles. The minimum Gasteiger partial charge on any atom is -0.311 e. The quantitative estimate of drug-likeness (QED) is 0.523. The van der Waals surface area contributed by atoms with Gasteiger partial charge in [-0.25, -0.2) is 4.39 Å². The first-order valence-corrected chi connectivity index (χ1v) is 3.59. The van der Waals surface area contributed by atoms with Crippen molar-refractivity contribution in [2.45, 2.75) is 32.5 Å². The number of hydrogen-bond donors (Lipinski definition) is 1. The highest BCUT2D eigenvalue weighted by Crippen LogP contribution is 2.18. The fourth-order valence-electron chi connectivity index (χ4n) is 1.30. The Bertz CT molecular complexity index is 84.9. The summed E-state index contributed by atoms with van der Waals surface area (Å²) in [6.07, 6.45) is 0.338. The number of piperidine rings is 1. The molecule has 0 aromatic heterocycles. The van der Waals surface area contributed by atoms with E-state index in [-0.39, 0.29) is 12.0 Å². The second kappa shape index (κ2) is 2.65. The smallest absolute Gasteiger partial charge is 0.118 e. The fraction of sp³-hybridized carbons (Fsp3) is 1.00. The van der Waals surface area contributed by atoms with Crippen LogP contribution in [0.5, 0.6) is 0 Å². The predicted octanol–water partition coefficient (Wildman–Crippen LogP) is 1.34. The maximum atomic E-state index is 12.9. The van der Waals surface area contributed by atoms with E-state index >= 15 is 0 Å². The largest absolute Gasteiger partial charge is 0.311 e. The molecule has 1 heterocycles. The molecule has 0 bridgehead atoms. The van der Waals surface area contributed by atoms with Crippen LogP contribution in [0.3, 0.4) is 0 Å². The highest BCUT2D eigenvalue weighted by molar-refractivity contribution is 4.81. The van der Waals surface area contributed by atoms with Crippen LogP contribution in [-0.4, -0.2) is 18.8 Å². The minimum atomic E-state index is -0.640. The third kappa shape index (κ3) is 1.42. The van der Waals surface area contributed by atoms with Gasteiger partial charge in [0, 0.05) is 6.04 Å². The molecule has 54 valence electrons. The molecule has 0 spiro atoms. The van der Waals surface area contributed by atoms with E-state index in [9.17, 15) is 4.39 Å². The Kier molecular flexibility index (Phi) is 2.06. The van der Waals surface area contributed by atoms with E-state index in [2.05, 4.69) is 5.32 Å². The van der Waals surface area contributed by atoms with Crippen molar-refractivity contribution in [1.82, 2.24) is 5.32 Å². The highest BCUT2D eigenvalue weighted by Gasteiger charge is 2.26. The van der Waals surface area contributed by atoms with E-state index in [1.807, 2.05) is 13.8 Å². The molecule has 0 aromatic carbocycles. The maximum absolute atomic E-state index is 12.9. The molecule has 0 aromatic rings. The average molecular weight is 131 g/mol. The minimum absolute atomic E-state index is 0.0637. The van der Waals surface area contributed by atoms with Crippen LogP contribution >= 0.6 is 0 Å². The molecule has 3 atom stereocenters. The van der Waals surface area contributed by atoms with Crippen molar-refractivity contribution in [3.05, 3.63) is 0 Å². The second-order valence-corrected chi connectivity index (χ2v) is 2.95. The van der Waals surface area contributed by atoms with Crippen molar-refractivity contribution < 1.29 is 4.39 Å². The Morgan fingerprint density at radius 1 is 1.44 bits per heavy atom. The van der Waals surface area contributed by atoms with Gasteiger partial charge in [0.05, 0.1) is 0 Å². The molecule has 1 fully saturated rings. The Hall–Kier alpha value is -0.110. The van der Waals surface area contributed by atoms with Crippen molar-refractivity contribution in [3.63, 3.8) is 0 Å². The highest BCUT2D eigenvalue weighted by atomic mass is 19.1. The first-order chi connectivity index (χ1) is 4.22. The van der Waals surface area contributed by atoms with Crippen LogP contribution in [0.1, 0.15) is 20.3 Å². The molecule has 1 rings (SSSR count). The summed E-state index contributed by atoms with van der Waals surface area (Å²) in [4.78, 5) is 0. The molecule has 0 amide bonds. The molecule has 9 heavy (non-hydrogen) atoms. The van der Waals surface area contributed by atoms with Crippen LogP contribution in [0, 0.1) is 5.92 Å². The zero-order valence-electron chi connectivity index (χ0n) is 6.02. The number of alkyl halides is 1. The summed E-state index contributed by atoms with van der Waals surface area (Å²) in [5.41, 5.74) is 0. The zero-order valence-corrected chi connectivity index (χ0v) is 6.02. The van der Waals surface area contributed by atoms with E-state index in [1.54, 1.807) is 0 Å². The first kappa shape index (κ1) is 7.00. The zero-order chi connectivity index (χ0) is 6.85. The summed E-state index contributed by atoms with van der Waals surface area (Å²) in [5.74, 6) is 0.251. The number of nitrogens with one attached hydrogen (secondary N) is 1. The van der Waals surface area contributed by atoms with Gasteiger partial charge in [-0.15, -0.1) is 0 Å². The third-order valence-electron chi connectivity index (χ3n) is 2.09. The number of rotatable bonds is 0. The van der Waals surface area contributed by atoms with E-state index in [0.717, 1.165) is 13.0 Å². The second-order valence-electron chi connectivity index (χ2n) is 2.95. The molecule has 0 saturated carbocycles. The van der Waals surface area contributed by atoms with Crippen LogP contribution in [0.2, 0.25) is 0 Å². The van der Waals surface area contributed by atoms with Crippen LogP contribution < -0.4 is 5.32 Å². The van der Waals surface area contributed by atoms with Gasteiger partial charge >= 0.3 is 0 Å². The Labute approximate surface area is 55.6 Å². The topological polar surface area (TPSA) is 12.0 Å². The van der Waals surface area contributed by atoms with Gasteiger partial charge in [-0.05, 0) is 25.8 Å². The standard InChI is InChI=1S/C7H14FN/c1-5-3-4-9-6(2)7(5)8/h5-7,9H,3-4H2,1-2H3. The van der Waals surface area contributed by atoms with Crippen LogP contribution in [-0.2, 0) is 0 Å². The Morgan fingerprint density at radius 3 is 2.56 bits per heavy atom. The van der Waals surface area contributed by atoms with Crippen LogP contribution in [0.15, 0.2) is 0 Å². The lowest BCUT2D eigenvalue weighted by molar-refractivity contribution is 0.148. The molecular formula is C7H14FN. The molecular weight excluding hydrogens is 117 g/mol. The van der Waals surface area contributed by atoms with Gasteiger partial charge in [0.25, 0.3) is 0 Å². The molecule has 1 saturated heterocycles.